The molecule has 3 amide bonds. The van der Waals surface area contributed by atoms with Crippen LogP contribution in [0.3, 0.4) is 0 Å². The van der Waals surface area contributed by atoms with E-state index in [2.05, 4.69) is 10.2 Å². The number of aldehydes is 1. The second-order valence-electron chi connectivity index (χ2n) is 9.22. The molecule has 8 nitrogen and oxygen atoms in total. The van der Waals surface area contributed by atoms with Gasteiger partial charge in [0.15, 0.2) is 6.29 Å². The van der Waals surface area contributed by atoms with Gasteiger partial charge in [-0.15, -0.1) is 0 Å². The van der Waals surface area contributed by atoms with E-state index in [-0.39, 0.29) is 22.6 Å². The highest BCUT2D eigenvalue weighted by atomic mass is 16.2. The van der Waals surface area contributed by atoms with Gasteiger partial charge in [-0.1, -0.05) is 23.8 Å². The molecule has 1 heterocycles. The van der Waals surface area contributed by atoms with Crippen molar-refractivity contribution in [1.82, 2.24) is 0 Å². The fraction of sp³-hybridized carbons (Fsp3) is 0.241. The molecule has 37 heavy (non-hydrogen) atoms. The summed E-state index contributed by atoms with van der Waals surface area (Å²) in [6, 6.07) is 17.0. The van der Waals surface area contributed by atoms with Gasteiger partial charge < -0.3 is 20.9 Å². The van der Waals surface area contributed by atoms with Crippen LogP contribution in [-0.4, -0.2) is 44.1 Å². The Labute approximate surface area is 216 Å². The van der Waals surface area contributed by atoms with Crippen molar-refractivity contribution in [3.05, 3.63) is 88.5 Å². The summed E-state index contributed by atoms with van der Waals surface area (Å²) in [5.74, 6) is -1.48. The topological polar surface area (TPSA) is 113 Å². The number of hydrogen-bond donors (Lipinski definition) is 2. The van der Waals surface area contributed by atoms with E-state index in [0.29, 0.717) is 23.2 Å². The first kappa shape index (κ1) is 25.6. The van der Waals surface area contributed by atoms with Crippen LogP contribution >= 0.6 is 0 Å². The molecule has 1 saturated heterocycles. The largest absolute Gasteiger partial charge is 0.371 e. The lowest BCUT2D eigenvalue weighted by Crippen LogP contribution is -2.32. The van der Waals surface area contributed by atoms with Crippen LogP contribution in [0.25, 0.3) is 0 Å². The Balaban J connectivity index is 1.71. The number of aryl methyl sites for hydroxylation is 1. The Morgan fingerprint density at radius 1 is 0.919 bits per heavy atom. The SMILES string of the molecule is Cc1ccc(NC(=O)c2cc(N(C)C(=O)c3cc(C(N)=O)ccc3C=O)ccc2N2CCCCC2)cc1. The van der Waals surface area contributed by atoms with Gasteiger partial charge in [0.2, 0.25) is 5.91 Å². The smallest absolute Gasteiger partial charge is 0.258 e. The number of carbonyl (C=O) groups is 4. The van der Waals surface area contributed by atoms with Gasteiger partial charge in [-0.3, -0.25) is 19.2 Å². The molecule has 0 saturated carbocycles. The van der Waals surface area contributed by atoms with Gasteiger partial charge in [-0.25, -0.2) is 0 Å². The third-order valence-electron chi connectivity index (χ3n) is 6.62. The molecule has 4 rings (SSSR count). The van der Waals surface area contributed by atoms with Crippen LogP contribution in [0.1, 0.15) is 66.3 Å². The number of amides is 3. The molecule has 0 radical (unpaired) electrons. The Kier molecular flexibility index (Phi) is 7.67. The van der Waals surface area contributed by atoms with E-state index < -0.39 is 11.8 Å². The van der Waals surface area contributed by atoms with Crippen molar-refractivity contribution in [3.8, 4) is 0 Å². The number of carbonyl (C=O) groups excluding carboxylic acids is 4. The van der Waals surface area contributed by atoms with Crippen molar-refractivity contribution in [3.63, 3.8) is 0 Å². The normalized spacial score (nSPS) is 13.1. The molecule has 0 atom stereocenters. The average molecular weight is 499 g/mol. The van der Waals surface area contributed by atoms with Gasteiger partial charge in [-0.05, 0) is 68.7 Å². The summed E-state index contributed by atoms with van der Waals surface area (Å²) >= 11 is 0. The number of primary amides is 1. The van der Waals surface area contributed by atoms with E-state index in [1.54, 1.807) is 19.2 Å². The van der Waals surface area contributed by atoms with Gasteiger partial charge in [0.05, 0.1) is 11.1 Å². The third kappa shape index (κ3) is 5.69. The molecular formula is C29H30N4O4. The second-order valence-corrected chi connectivity index (χ2v) is 9.22. The maximum absolute atomic E-state index is 13.5. The van der Waals surface area contributed by atoms with Crippen LogP contribution in [0, 0.1) is 6.92 Å². The molecule has 0 aromatic heterocycles. The van der Waals surface area contributed by atoms with E-state index in [9.17, 15) is 19.2 Å². The number of benzene rings is 3. The minimum Gasteiger partial charge on any atom is -0.371 e. The van der Waals surface area contributed by atoms with Crippen LogP contribution in [0.15, 0.2) is 60.7 Å². The predicted molar refractivity (Wildman–Crippen MR) is 145 cm³/mol. The predicted octanol–water partition coefficient (Wildman–Crippen LogP) is 4.43. The van der Waals surface area contributed by atoms with Gasteiger partial charge in [0.1, 0.15) is 0 Å². The Morgan fingerprint density at radius 2 is 1.62 bits per heavy atom. The minimum absolute atomic E-state index is 0.0552. The number of nitrogens with zero attached hydrogens (tertiary/aromatic N) is 2. The van der Waals surface area contributed by atoms with Crippen LogP contribution in [0.5, 0.6) is 0 Å². The van der Waals surface area contributed by atoms with E-state index in [1.807, 2.05) is 37.3 Å². The van der Waals surface area contributed by atoms with Gasteiger partial charge >= 0.3 is 0 Å². The Hall–Kier alpha value is -4.46. The van der Waals surface area contributed by atoms with Crippen LogP contribution in [0.2, 0.25) is 0 Å². The molecule has 3 aromatic carbocycles. The highest BCUT2D eigenvalue weighted by molar-refractivity contribution is 6.13. The summed E-state index contributed by atoms with van der Waals surface area (Å²) in [5, 5.41) is 2.96. The molecule has 0 spiro atoms. The second kappa shape index (κ2) is 11.1. The van der Waals surface area contributed by atoms with E-state index in [4.69, 9.17) is 5.73 Å². The maximum atomic E-state index is 13.5. The van der Waals surface area contributed by atoms with Crippen molar-refractivity contribution < 1.29 is 19.2 Å². The van der Waals surface area contributed by atoms with Crippen LogP contribution < -0.4 is 20.9 Å². The van der Waals surface area contributed by atoms with Crippen molar-refractivity contribution in [2.75, 3.05) is 35.3 Å². The lowest BCUT2D eigenvalue weighted by atomic mass is 10.0. The molecule has 0 aliphatic carbocycles. The summed E-state index contributed by atoms with van der Waals surface area (Å²) in [7, 11) is 1.56. The summed E-state index contributed by atoms with van der Waals surface area (Å²) < 4.78 is 0. The molecule has 3 N–H and O–H groups in total. The average Bonchev–Trinajstić information content (AvgIpc) is 2.93. The first-order valence-electron chi connectivity index (χ1n) is 12.2. The van der Waals surface area contributed by atoms with Gasteiger partial charge in [0, 0.05) is 48.3 Å². The number of piperidine rings is 1. The quantitative estimate of drug-likeness (QED) is 0.468. The van der Waals surface area contributed by atoms with E-state index in [0.717, 1.165) is 43.6 Å². The van der Waals surface area contributed by atoms with Crippen molar-refractivity contribution in [2.45, 2.75) is 26.2 Å². The first-order valence-corrected chi connectivity index (χ1v) is 12.2. The van der Waals surface area contributed by atoms with Gasteiger partial charge in [-0.2, -0.15) is 0 Å². The molecule has 1 aliphatic heterocycles. The van der Waals surface area contributed by atoms with Crippen molar-refractivity contribution in [1.29, 1.82) is 0 Å². The van der Waals surface area contributed by atoms with Crippen LogP contribution in [0.4, 0.5) is 17.1 Å². The zero-order chi connectivity index (χ0) is 26.5. The lowest BCUT2D eigenvalue weighted by Gasteiger charge is -2.31. The maximum Gasteiger partial charge on any atom is 0.258 e. The lowest BCUT2D eigenvalue weighted by molar-refractivity contribution is 0.0983. The number of hydrogen-bond acceptors (Lipinski definition) is 5. The zero-order valence-electron chi connectivity index (χ0n) is 21.0. The van der Waals surface area contributed by atoms with Crippen LogP contribution in [-0.2, 0) is 0 Å². The fourth-order valence-corrected chi connectivity index (χ4v) is 4.46. The molecule has 3 aromatic rings. The first-order chi connectivity index (χ1) is 17.8. The third-order valence-corrected chi connectivity index (χ3v) is 6.62. The summed E-state index contributed by atoms with van der Waals surface area (Å²) in [6.07, 6.45) is 3.81. The highest BCUT2D eigenvalue weighted by Gasteiger charge is 2.23. The number of nitrogens with two attached hydrogens (primary N) is 1. The molecule has 1 aliphatic rings. The number of rotatable bonds is 7. The number of anilines is 3. The highest BCUT2D eigenvalue weighted by Crippen LogP contribution is 2.30. The zero-order valence-corrected chi connectivity index (χ0v) is 21.0. The van der Waals surface area contributed by atoms with E-state index >= 15 is 0 Å². The summed E-state index contributed by atoms with van der Waals surface area (Å²) in [6.45, 7) is 3.68. The number of nitrogens with one attached hydrogen (secondary N) is 1. The molecule has 0 unspecified atom stereocenters. The molecule has 1 fully saturated rings. The molecule has 8 heteroatoms. The summed E-state index contributed by atoms with van der Waals surface area (Å²) in [4.78, 5) is 53.6. The summed E-state index contributed by atoms with van der Waals surface area (Å²) in [5.41, 5.74) is 9.18. The van der Waals surface area contributed by atoms with Crippen molar-refractivity contribution in [2.24, 2.45) is 5.73 Å². The minimum atomic E-state index is -0.699. The monoisotopic (exact) mass is 498 g/mol. The molecule has 0 bridgehead atoms. The molecular weight excluding hydrogens is 468 g/mol. The Morgan fingerprint density at radius 3 is 2.27 bits per heavy atom. The van der Waals surface area contributed by atoms with E-state index in [1.165, 1.54) is 23.1 Å². The Bertz CT molecular complexity index is 1340. The van der Waals surface area contributed by atoms with Gasteiger partial charge in [0.25, 0.3) is 11.8 Å². The van der Waals surface area contributed by atoms with Crippen molar-refractivity contribution >= 4 is 41.1 Å². The molecule has 190 valence electrons. The standard InChI is InChI=1S/C29H30N4O4/c1-19-6-10-22(11-7-19)31-28(36)25-17-23(12-13-26(25)33-14-4-3-5-15-33)32(2)29(37)24-16-20(27(30)35)8-9-21(24)18-34/h6-13,16-18H,3-5,14-15H2,1-2H3,(H2,30,35)(H,31,36). The fourth-order valence-electron chi connectivity index (χ4n) is 4.46.